The Bertz CT molecular complexity index is 562. The second-order valence-corrected chi connectivity index (χ2v) is 5.62. The molecule has 1 aromatic heterocycles. The number of benzene rings is 1. The quantitative estimate of drug-likeness (QED) is 0.931. The van der Waals surface area contributed by atoms with Crippen LogP contribution in [0.1, 0.15) is 11.3 Å². The van der Waals surface area contributed by atoms with Crippen molar-refractivity contribution in [3.63, 3.8) is 0 Å². The molecule has 4 heteroatoms. The summed E-state index contributed by atoms with van der Waals surface area (Å²) in [4.78, 5) is 9.35. The van der Waals surface area contributed by atoms with Crippen molar-refractivity contribution < 1.29 is 0 Å². The molecule has 4 nitrogen and oxygen atoms in total. The van der Waals surface area contributed by atoms with Crippen molar-refractivity contribution in [3.8, 4) is 0 Å². The van der Waals surface area contributed by atoms with Crippen LogP contribution in [0.25, 0.3) is 0 Å². The molecular weight excluding hydrogens is 260 g/mol. The van der Waals surface area contributed by atoms with E-state index in [9.17, 15) is 0 Å². The van der Waals surface area contributed by atoms with Gasteiger partial charge in [-0.15, -0.1) is 0 Å². The van der Waals surface area contributed by atoms with Crippen LogP contribution in [0.4, 0.5) is 5.69 Å². The molecule has 1 fully saturated rings. The first-order valence-electron chi connectivity index (χ1n) is 7.48. The van der Waals surface area contributed by atoms with Gasteiger partial charge in [-0.05, 0) is 17.7 Å². The smallest absolute Gasteiger partial charge is 0.0564 e. The van der Waals surface area contributed by atoms with Gasteiger partial charge in [-0.3, -0.25) is 14.8 Å². The standard InChI is InChI=1S/C17H22N4/c18-16-6-7-19-17(12-16)14-21-10-8-20(9-11-21)13-15-4-2-1-3-5-15/h1-7,12H,8-11,13-14H2,(H2,18,19). The minimum atomic E-state index is 0.794. The molecule has 1 aliphatic rings. The van der Waals surface area contributed by atoms with Crippen molar-refractivity contribution in [3.05, 3.63) is 59.9 Å². The molecule has 1 aromatic carbocycles. The van der Waals surface area contributed by atoms with E-state index in [4.69, 9.17) is 5.73 Å². The third-order valence-electron chi connectivity index (χ3n) is 3.94. The molecule has 0 aliphatic carbocycles. The van der Waals surface area contributed by atoms with Crippen molar-refractivity contribution in [2.24, 2.45) is 0 Å². The fourth-order valence-electron chi connectivity index (χ4n) is 2.76. The highest BCUT2D eigenvalue weighted by molar-refractivity contribution is 5.37. The zero-order valence-corrected chi connectivity index (χ0v) is 12.3. The molecule has 2 heterocycles. The molecule has 110 valence electrons. The molecule has 0 saturated carbocycles. The molecule has 1 aliphatic heterocycles. The normalized spacial score (nSPS) is 17.0. The molecular formula is C17H22N4. The number of nitrogens with zero attached hydrogens (tertiary/aromatic N) is 3. The maximum atomic E-state index is 5.80. The average molecular weight is 282 g/mol. The van der Waals surface area contributed by atoms with Crippen molar-refractivity contribution >= 4 is 5.69 Å². The van der Waals surface area contributed by atoms with Gasteiger partial charge in [0.05, 0.1) is 5.69 Å². The number of aromatic nitrogens is 1. The lowest BCUT2D eigenvalue weighted by molar-refractivity contribution is 0.121. The molecule has 3 rings (SSSR count). The Morgan fingerprint density at radius 3 is 2.24 bits per heavy atom. The monoisotopic (exact) mass is 282 g/mol. The molecule has 0 bridgehead atoms. The van der Waals surface area contributed by atoms with Crippen molar-refractivity contribution in [2.45, 2.75) is 13.1 Å². The minimum absolute atomic E-state index is 0.794. The summed E-state index contributed by atoms with van der Waals surface area (Å²) in [6.07, 6.45) is 1.79. The lowest BCUT2D eigenvalue weighted by atomic mass is 10.2. The maximum Gasteiger partial charge on any atom is 0.0564 e. The summed E-state index contributed by atoms with van der Waals surface area (Å²) < 4.78 is 0. The average Bonchev–Trinajstić information content (AvgIpc) is 2.50. The molecule has 0 unspecified atom stereocenters. The maximum absolute atomic E-state index is 5.80. The van der Waals surface area contributed by atoms with Crippen LogP contribution in [0.5, 0.6) is 0 Å². The fourth-order valence-corrected chi connectivity index (χ4v) is 2.76. The van der Waals surface area contributed by atoms with Gasteiger partial charge in [-0.1, -0.05) is 30.3 Å². The molecule has 2 N–H and O–H groups in total. The predicted octanol–water partition coefficient (Wildman–Crippen LogP) is 1.98. The van der Waals surface area contributed by atoms with Crippen LogP contribution in [0.3, 0.4) is 0 Å². The van der Waals surface area contributed by atoms with Crippen LogP contribution < -0.4 is 5.73 Å². The van der Waals surface area contributed by atoms with Crippen molar-refractivity contribution in [1.29, 1.82) is 0 Å². The second-order valence-electron chi connectivity index (χ2n) is 5.62. The summed E-state index contributed by atoms with van der Waals surface area (Å²) in [5, 5.41) is 0. The summed E-state index contributed by atoms with van der Waals surface area (Å²) in [7, 11) is 0. The van der Waals surface area contributed by atoms with E-state index in [-0.39, 0.29) is 0 Å². The lowest BCUT2D eigenvalue weighted by Crippen LogP contribution is -2.45. The van der Waals surface area contributed by atoms with Gasteiger partial charge in [0.1, 0.15) is 0 Å². The zero-order chi connectivity index (χ0) is 14.5. The first-order valence-corrected chi connectivity index (χ1v) is 7.48. The first kappa shape index (κ1) is 14.0. The largest absolute Gasteiger partial charge is 0.399 e. The Kier molecular flexibility index (Phi) is 4.48. The first-order chi connectivity index (χ1) is 10.3. The Balaban J connectivity index is 1.49. The molecule has 21 heavy (non-hydrogen) atoms. The van der Waals surface area contributed by atoms with Crippen LogP contribution in [0.15, 0.2) is 48.7 Å². The van der Waals surface area contributed by atoms with E-state index in [1.807, 2.05) is 12.1 Å². The number of pyridine rings is 1. The summed E-state index contributed by atoms with van der Waals surface area (Å²) >= 11 is 0. The number of nitrogens with two attached hydrogens (primary N) is 1. The number of hydrogen-bond donors (Lipinski definition) is 1. The lowest BCUT2D eigenvalue weighted by Gasteiger charge is -2.34. The Morgan fingerprint density at radius 2 is 1.57 bits per heavy atom. The van der Waals surface area contributed by atoms with Gasteiger partial charge in [-0.25, -0.2) is 0 Å². The van der Waals surface area contributed by atoms with Crippen LogP contribution in [-0.4, -0.2) is 41.0 Å². The van der Waals surface area contributed by atoms with E-state index >= 15 is 0 Å². The van der Waals surface area contributed by atoms with Crippen LogP contribution in [0, 0.1) is 0 Å². The van der Waals surface area contributed by atoms with Crippen molar-refractivity contribution in [2.75, 3.05) is 31.9 Å². The zero-order valence-electron chi connectivity index (χ0n) is 12.3. The van der Waals surface area contributed by atoms with Gasteiger partial charge in [0.25, 0.3) is 0 Å². The number of anilines is 1. The van der Waals surface area contributed by atoms with Gasteiger partial charge in [0.15, 0.2) is 0 Å². The highest BCUT2D eigenvalue weighted by Crippen LogP contribution is 2.11. The van der Waals surface area contributed by atoms with Gasteiger partial charge in [-0.2, -0.15) is 0 Å². The molecule has 0 spiro atoms. The third-order valence-corrected chi connectivity index (χ3v) is 3.94. The van der Waals surface area contributed by atoms with Crippen molar-refractivity contribution in [1.82, 2.24) is 14.8 Å². The Morgan fingerprint density at radius 1 is 0.905 bits per heavy atom. The highest BCUT2D eigenvalue weighted by Gasteiger charge is 2.17. The third kappa shape index (κ3) is 4.03. The summed E-state index contributed by atoms with van der Waals surface area (Å²) in [5.74, 6) is 0. The Labute approximate surface area is 126 Å². The van der Waals surface area contributed by atoms with Crippen LogP contribution >= 0.6 is 0 Å². The van der Waals surface area contributed by atoms with E-state index in [1.165, 1.54) is 5.56 Å². The minimum Gasteiger partial charge on any atom is -0.399 e. The predicted molar refractivity (Wildman–Crippen MR) is 85.6 cm³/mol. The number of nitrogen functional groups attached to an aromatic ring is 1. The van der Waals surface area contributed by atoms with Crippen LogP contribution in [-0.2, 0) is 13.1 Å². The molecule has 2 aromatic rings. The molecule has 0 radical (unpaired) electrons. The van der Waals surface area contributed by atoms with E-state index in [0.29, 0.717) is 0 Å². The molecule has 0 atom stereocenters. The highest BCUT2D eigenvalue weighted by atomic mass is 15.3. The van der Waals surface area contributed by atoms with E-state index in [1.54, 1.807) is 6.20 Å². The van der Waals surface area contributed by atoms with E-state index in [0.717, 1.165) is 50.6 Å². The summed E-state index contributed by atoms with van der Waals surface area (Å²) in [5.41, 5.74) is 9.05. The SMILES string of the molecule is Nc1ccnc(CN2CCN(Cc3ccccc3)CC2)c1. The summed E-state index contributed by atoms with van der Waals surface area (Å²) in [6, 6.07) is 14.5. The van der Waals surface area contributed by atoms with Gasteiger partial charge >= 0.3 is 0 Å². The molecule has 1 saturated heterocycles. The van der Waals surface area contributed by atoms with Gasteiger partial charge in [0.2, 0.25) is 0 Å². The molecule has 0 amide bonds. The summed E-state index contributed by atoms with van der Waals surface area (Å²) in [6.45, 7) is 6.33. The number of hydrogen-bond acceptors (Lipinski definition) is 4. The number of rotatable bonds is 4. The van der Waals surface area contributed by atoms with E-state index in [2.05, 4.69) is 45.1 Å². The van der Waals surface area contributed by atoms with Gasteiger partial charge in [0, 0.05) is 51.2 Å². The second kappa shape index (κ2) is 6.70. The Hall–Kier alpha value is -1.91. The van der Waals surface area contributed by atoms with E-state index < -0.39 is 0 Å². The fraction of sp³-hybridized carbons (Fsp3) is 0.353. The van der Waals surface area contributed by atoms with Gasteiger partial charge < -0.3 is 5.73 Å². The van der Waals surface area contributed by atoms with Crippen LogP contribution in [0.2, 0.25) is 0 Å². The topological polar surface area (TPSA) is 45.4 Å². The number of piperazine rings is 1.